The molecule has 32 heavy (non-hydrogen) atoms. The summed E-state index contributed by atoms with van der Waals surface area (Å²) >= 11 is 0. The van der Waals surface area contributed by atoms with E-state index >= 15 is 0 Å². The first-order valence-electron chi connectivity index (χ1n) is 9.34. The van der Waals surface area contributed by atoms with Gasteiger partial charge < -0.3 is 15.7 Å². The molecule has 0 radical (unpaired) electrons. The van der Waals surface area contributed by atoms with Gasteiger partial charge in [-0.15, -0.1) is 0 Å². The van der Waals surface area contributed by atoms with E-state index in [2.05, 4.69) is 20.7 Å². The predicted octanol–water partition coefficient (Wildman–Crippen LogP) is 3.92. The van der Waals surface area contributed by atoms with Gasteiger partial charge in [0.25, 0.3) is 5.91 Å². The van der Waals surface area contributed by atoms with Crippen molar-refractivity contribution in [2.45, 2.75) is 19.1 Å². The molecule has 1 atom stereocenters. The van der Waals surface area contributed by atoms with Crippen LogP contribution in [0.4, 0.5) is 24.8 Å². The Bertz CT molecular complexity index is 1230. The molecule has 0 saturated heterocycles. The number of nitrogens with zero attached hydrogens (tertiary/aromatic N) is 3. The first-order chi connectivity index (χ1) is 15.1. The van der Waals surface area contributed by atoms with Gasteiger partial charge in [0.15, 0.2) is 0 Å². The number of allylic oxidation sites excluding steroid dienone is 1. The van der Waals surface area contributed by atoms with Crippen molar-refractivity contribution in [3.8, 4) is 0 Å². The van der Waals surface area contributed by atoms with Gasteiger partial charge in [0, 0.05) is 11.4 Å². The Kier molecular flexibility index (Phi) is 5.17. The number of carboxylic acids is 1. The topological polar surface area (TPSA) is 109 Å². The number of halogens is 3. The van der Waals surface area contributed by atoms with Crippen LogP contribution >= 0.6 is 0 Å². The molecular formula is C21H16F3N5O3. The Hall–Kier alpha value is -4.15. The van der Waals surface area contributed by atoms with Crippen LogP contribution in [0.2, 0.25) is 0 Å². The molecule has 0 saturated carbocycles. The molecule has 2 heterocycles. The van der Waals surface area contributed by atoms with Gasteiger partial charge in [-0.1, -0.05) is 18.2 Å². The number of fused-ring (bicyclic) bond motifs is 1. The summed E-state index contributed by atoms with van der Waals surface area (Å²) in [7, 11) is 0. The summed E-state index contributed by atoms with van der Waals surface area (Å²) in [6.07, 6.45) is -3.26. The highest BCUT2D eigenvalue weighted by Crippen LogP contribution is 2.36. The van der Waals surface area contributed by atoms with E-state index < -0.39 is 29.7 Å². The first kappa shape index (κ1) is 21.1. The number of anilines is 2. The lowest BCUT2D eigenvalue weighted by Crippen LogP contribution is -2.31. The second-order valence-electron chi connectivity index (χ2n) is 7.05. The summed E-state index contributed by atoms with van der Waals surface area (Å²) in [5, 5.41) is 18.8. The number of carbonyl (C=O) groups is 2. The highest BCUT2D eigenvalue weighted by atomic mass is 19.4. The second kappa shape index (κ2) is 7.84. The molecule has 11 heteroatoms. The number of carboxylic acid groups (broad SMARTS) is 1. The maximum atomic E-state index is 13.2. The zero-order valence-corrected chi connectivity index (χ0v) is 16.5. The minimum Gasteiger partial charge on any atom is -0.478 e. The van der Waals surface area contributed by atoms with Crippen LogP contribution in [0.3, 0.4) is 0 Å². The van der Waals surface area contributed by atoms with Crippen molar-refractivity contribution in [3.05, 3.63) is 82.8 Å². The largest absolute Gasteiger partial charge is 0.478 e. The molecule has 2 aromatic carbocycles. The number of alkyl halides is 3. The lowest BCUT2D eigenvalue weighted by molar-refractivity contribution is -0.137. The van der Waals surface area contributed by atoms with E-state index in [1.165, 1.54) is 35.3 Å². The molecule has 3 N–H and O–H groups in total. The number of aromatic nitrogens is 3. The summed E-state index contributed by atoms with van der Waals surface area (Å²) in [6, 6.07) is 9.45. The molecule has 8 nitrogen and oxygen atoms in total. The molecule has 164 valence electrons. The minimum atomic E-state index is -4.55. The molecule has 1 amide bonds. The maximum absolute atomic E-state index is 13.2. The molecule has 1 aliphatic heterocycles. The fourth-order valence-electron chi connectivity index (χ4n) is 3.47. The van der Waals surface area contributed by atoms with Gasteiger partial charge >= 0.3 is 12.1 Å². The van der Waals surface area contributed by atoms with E-state index in [9.17, 15) is 22.8 Å². The summed E-state index contributed by atoms with van der Waals surface area (Å²) in [5.74, 6) is -1.37. The number of rotatable bonds is 4. The molecule has 0 spiro atoms. The number of hydrogen-bond acceptors (Lipinski definition) is 5. The van der Waals surface area contributed by atoms with Gasteiger partial charge in [-0.2, -0.15) is 23.3 Å². The van der Waals surface area contributed by atoms with Gasteiger partial charge in [-0.25, -0.2) is 9.48 Å². The van der Waals surface area contributed by atoms with Crippen molar-refractivity contribution in [1.29, 1.82) is 0 Å². The summed E-state index contributed by atoms with van der Waals surface area (Å²) in [4.78, 5) is 28.5. The van der Waals surface area contributed by atoms with Gasteiger partial charge in [-0.3, -0.25) is 4.79 Å². The Morgan fingerprint density at radius 3 is 2.53 bits per heavy atom. The Labute approximate surface area is 179 Å². The van der Waals surface area contributed by atoms with E-state index in [0.29, 0.717) is 17.2 Å². The fraction of sp³-hybridized carbons (Fsp3) is 0.143. The predicted molar refractivity (Wildman–Crippen MR) is 108 cm³/mol. The van der Waals surface area contributed by atoms with E-state index in [0.717, 1.165) is 12.1 Å². The van der Waals surface area contributed by atoms with Crippen LogP contribution in [-0.4, -0.2) is 31.7 Å². The van der Waals surface area contributed by atoms with Crippen molar-refractivity contribution in [3.63, 3.8) is 0 Å². The Morgan fingerprint density at radius 2 is 1.88 bits per heavy atom. The monoisotopic (exact) mass is 443 g/mol. The lowest BCUT2D eigenvalue weighted by Gasteiger charge is -2.28. The van der Waals surface area contributed by atoms with E-state index in [1.807, 2.05) is 0 Å². The van der Waals surface area contributed by atoms with E-state index in [1.54, 1.807) is 19.1 Å². The van der Waals surface area contributed by atoms with Crippen molar-refractivity contribution in [1.82, 2.24) is 14.8 Å². The maximum Gasteiger partial charge on any atom is 0.416 e. The molecule has 1 aliphatic rings. The molecular weight excluding hydrogens is 427 g/mol. The van der Waals surface area contributed by atoms with E-state index in [-0.39, 0.29) is 16.8 Å². The van der Waals surface area contributed by atoms with E-state index in [4.69, 9.17) is 5.11 Å². The number of nitrogens with one attached hydrogen (secondary N) is 2. The third-order valence-electron chi connectivity index (χ3n) is 4.96. The van der Waals surface area contributed by atoms with Crippen LogP contribution in [0.25, 0.3) is 0 Å². The zero-order chi connectivity index (χ0) is 23.0. The number of amides is 1. The third kappa shape index (κ3) is 3.92. The van der Waals surface area contributed by atoms with Crippen molar-refractivity contribution in [2.24, 2.45) is 0 Å². The highest BCUT2D eigenvalue weighted by Gasteiger charge is 2.34. The quantitative estimate of drug-likeness (QED) is 0.564. The Morgan fingerprint density at radius 1 is 1.16 bits per heavy atom. The SMILES string of the molecule is CC1=C(C(=O)Nc2cccc(C(F)(F)F)c2)[C@@H](c2ccc(C(=O)O)cc2)n2ncnc2N1. The summed E-state index contributed by atoms with van der Waals surface area (Å²) in [6.45, 7) is 1.64. The minimum absolute atomic E-state index is 0.0190. The van der Waals surface area contributed by atoms with Gasteiger partial charge in [0.05, 0.1) is 16.7 Å². The molecule has 3 aromatic rings. The summed E-state index contributed by atoms with van der Waals surface area (Å²) in [5.41, 5.74) is 0.344. The second-order valence-corrected chi connectivity index (χ2v) is 7.05. The molecule has 1 aromatic heterocycles. The van der Waals surface area contributed by atoms with Gasteiger partial charge in [0.1, 0.15) is 12.4 Å². The van der Waals surface area contributed by atoms with Crippen LogP contribution in [0.15, 0.2) is 66.1 Å². The van der Waals surface area contributed by atoms with Crippen molar-refractivity contribution < 1.29 is 27.9 Å². The van der Waals surface area contributed by atoms with Gasteiger partial charge in [0.2, 0.25) is 5.95 Å². The highest BCUT2D eigenvalue weighted by molar-refractivity contribution is 6.06. The van der Waals surface area contributed by atoms with Crippen LogP contribution in [0.1, 0.15) is 34.5 Å². The number of benzene rings is 2. The standard InChI is InChI=1S/C21H16F3N5O3/c1-11-16(18(30)28-15-4-2-3-14(9-15)21(22,23)24)17(29-20(27-11)25-10-26-29)12-5-7-13(8-6-12)19(31)32/h2-10,17H,1H3,(H,28,30)(H,31,32)(H,25,26,27)/t17-/m1/s1. The third-order valence-corrected chi connectivity index (χ3v) is 4.96. The smallest absolute Gasteiger partial charge is 0.416 e. The van der Waals surface area contributed by atoms with Crippen LogP contribution in [-0.2, 0) is 11.0 Å². The number of carbonyl (C=O) groups excluding carboxylic acids is 1. The number of hydrogen-bond donors (Lipinski definition) is 3. The molecule has 4 rings (SSSR count). The average Bonchev–Trinajstić information content (AvgIpc) is 3.20. The zero-order valence-electron chi connectivity index (χ0n) is 16.5. The van der Waals surface area contributed by atoms with Crippen LogP contribution in [0, 0.1) is 0 Å². The van der Waals surface area contributed by atoms with Crippen LogP contribution < -0.4 is 10.6 Å². The number of aromatic carboxylic acids is 1. The van der Waals surface area contributed by atoms with Gasteiger partial charge in [-0.05, 0) is 42.8 Å². The molecule has 0 unspecified atom stereocenters. The Balaban J connectivity index is 1.72. The van der Waals surface area contributed by atoms with Crippen LogP contribution in [0.5, 0.6) is 0 Å². The van der Waals surface area contributed by atoms with Crippen molar-refractivity contribution in [2.75, 3.05) is 10.6 Å². The summed E-state index contributed by atoms with van der Waals surface area (Å²) < 4.78 is 40.5. The average molecular weight is 443 g/mol. The molecule has 0 aliphatic carbocycles. The molecule has 0 bridgehead atoms. The normalized spacial score (nSPS) is 15.7. The first-order valence-corrected chi connectivity index (χ1v) is 9.34. The lowest BCUT2D eigenvalue weighted by atomic mass is 9.94. The van der Waals surface area contributed by atoms with Crippen molar-refractivity contribution >= 4 is 23.5 Å². The molecule has 0 fully saturated rings. The fourth-order valence-corrected chi connectivity index (χ4v) is 3.47.